The molecule has 0 aliphatic heterocycles. The molecule has 0 aliphatic rings. The molecule has 3 aromatic rings. The first kappa shape index (κ1) is 15.6. The van der Waals surface area contributed by atoms with Gasteiger partial charge in [0.1, 0.15) is 0 Å². The summed E-state index contributed by atoms with van der Waals surface area (Å²) in [6.07, 6.45) is 0. The van der Waals surface area contributed by atoms with E-state index >= 15 is 0 Å². The van der Waals surface area contributed by atoms with Crippen molar-refractivity contribution in [3.63, 3.8) is 0 Å². The number of hydrogen-bond acceptors (Lipinski definition) is 4. The molecular weight excluding hydrogens is 330 g/mol. The molecular formula is C17H12ClN3OS. The summed E-state index contributed by atoms with van der Waals surface area (Å²) in [5.41, 5.74) is 0.967. The van der Waals surface area contributed by atoms with Crippen LogP contribution < -0.4 is 5.56 Å². The lowest BCUT2D eigenvalue weighted by Crippen LogP contribution is -2.22. The van der Waals surface area contributed by atoms with E-state index in [1.54, 1.807) is 43.3 Å². The van der Waals surface area contributed by atoms with E-state index in [-0.39, 0.29) is 10.8 Å². The lowest BCUT2D eigenvalue weighted by Gasteiger charge is -2.14. The predicted octanol–water partition coefficient (Wildman–Crippen LogP) is 4.04. The van der Waals surface area contributed by atoms with Gasteiger partial charge >= 0.3 is 0 Å². The summed E-state index contributed by atoms with van der Waals surface area (Å²) in [4.78, 5) is 17.5. The maximum atomic E-state index is 12.9. The molecule has 0 aliphatic carbocycles. The van der Waals surface area contributed by atoms with Gasteiger partial charge in [-0.05, 0) is 31.2 Å². The van der Waals surface area contributed by atoms with E-state index in [9.17, 15) is 4.79 Å². The van der Waals surface area contributed by atoms with Crippen molar-refractivity contribution in [2.75, 3.05) is 0 Å². The van der Waals surface area contributed by atoms with E-state index in [2.05, 4.69) is 11.1 Å². The van der Waals surface area contributed by atoms with Crippen LogP contribution in [0.2, 0.25) is 5.02 Å². The Kier molecular flexibility index (Phi) is 4.37. The van der Waals surface area contributed by atoms with Crippen molar-refractivity contribution in [1.29, 1.82) is 5.26 Å². The van der Waals surface area contributed by atoms with Gasteiger partial charge in [-0.15, -0.1) is 0 Å². The Labute approximate surface area is 142 Å². The quantitative estimate of drug-likeness (QED) is 0.533. The molecule has 0 amide bonds. The third-order valence-electron chi connectivity index (χ3n) is 3.30. The Balaban J connectivity index is 2.36. The first-order chi connectivity index (χ1) is 11.1. The summed E-state index contributed by atoms with van der Waals surface area (Å²) < 4.78 is 1.48. The average molecular weight is 342 g/mol. The van der Waals surface area contributed by atoms with Gasteiger partial charge in [0.05, 0.1) is 32.9 Å². The van der Waals surface area contributed by atoms with E-state index in [0.717, 1.165) is 0 Å². The van der Waals surface area contributed by atoms with Gasteiger partial charge < -0.3 is 0 Å². The minimum atomic E-state index is -0.336. The summed E-state index contributed by atoms with van der Waals surface area (Å²) >= 11 is 7.50. The molecule has 23 heavy (non-hydrogen) atoms. The highest BCUT2D eigenvalue weighted by Gasteiger charge is 2.17. The van der Waals surface area contributed by atoms with Crippen molar-refractivity contribution in [2.45, 2.75) is 17.3 Å². The standard InChI is InChI=1S/C17H12ClN3OS/c1-11(10-19)23-17-20-14-8-4-2-6-12(14)16(22)21(17)15-9-5-3-7-13(15)18/h2-9,11H,1H3/t11-/m0/s1. The summed E-state index contributed by atoms with van der Waals surface area (Å²) in [6, 6.07) is 16.4. The Hall–Kier alpha value is -2.29. The number of hydrogen-bond donors (Lipinski definition) is 0. The van der Waals surface area contributed by atoms with E-state index in [1.807, 2.05) is 12.1 Å². The molecule has 2 aromatic carbocycles. The van der Waals surface area contributed by atoms with Crippen LogP contribution in [0.15, 0.2) is 58.5 Å². The minimum Gasteiger partial charge on any atom is -0.268 e. The number of nitrogens with zero attached hydrogens (tertiary/aromatic N) is 3. The summed E-state index contributed by atoms with van der Waals surface area (Å²) in [5, 5.41) is 10.2. The lowest BCUT2D eigenvalue weighted by atomic mass is 10.2. The second kappa shape index (κ2) is 6.45. The summed E-state index contributed by atoms with van der Waals surface area (Å²) in [5.74, 6) is 0. The fourth-order valence-corrected chi connectivity index (χ4v) is 3.25. The van der Waals surface area contributed by atoms with Gasteiger partial charge in [-0.25, -0.2) is 4.98 Å². The highest BCUT2D eigenvalue weighted by Crippen LogP contribution is 2.27. The fourth-order valence-electron chi connectivity index (χ4n) is 2.22. The van der Waals surface area contributed by atoms with Crippen LogP contribution in [0.4, 0.5) is 0 Å². The molecule has 0 unspecified atom stereocenters. The van der Waals surface area contributed by atoms with Crippen molar-refractivity contribution >= 4 is 34.3 Å². The van der Waals surface area contributed by atoms with E-state index in [0.29, 0.717) is 26.8 Å². The largest absolute Gasteiger partial charge is 0.268 e. The zero-order chi connectivity index (χ0) is 16.4. The van der Waals surface area contributed by atoms with Crippen LogP contribution in [0.25, 0.3) is 16.6 Å². The van der Waals surface area contributed by atoms with Gasteiger partial charge in [0.15, 0.2) is 5.16 Å². The van der Waals surface area contributed by atoms with Crippen LogP contribution in [-0.2, 0) is 0 Å². The molecule has 6 heteroatoms. The van der Waals surface area contributed by atoms with Gasteiger partial charge in [0.25, 0.3) is 5.56 Å². The van der Waals surface area contributed by atoms with Crippen LogP contribution in [0, 0.1) is 11.3 Å². The SMILES string of the molecule is C[C@@H](C#N)Sc1nc2ccccc2c(=O)n1-c1ccccc1Cl. The third-order valence-corrected chi connectivity index (χ3v) is 4.57. The van der Waals surface area contributed by atoms with Gasteiger partial charge in [0, 0.05) is 0 Å². The Morgan fingerprint density at radius 3 is 2.65 bits per heavy atom. The van der Waals surface area contributed by atoms with Gasteiger partial charge in [0.2, 0.25) is 0 Å². The zero-order valence-corrected chi connectivity index (χ0v) is 13.8. The molecule has 1 atom stereocenters. The van der Waals surface area contributed by atoms with Gasteiger partial charge in [-0.3, -0.25) is 9.36 Å². The number of benzene rings is 2. The minimum absolute atomic E-state index is 0.198. The highest BCUT2D eigenvalue weighted by atomic mass is 35.5. The van der Waals surface area contributed by atoms with Crippen molar-refractivity contribution in [1.82, 2.24) is 9.55 Å². The topological polar surface area (TPSA) is 58.7 Å². The second-order valence-corrected chi connectivity index (χ2v) is 6.61. The molecule has 3 rings (SSSR count). The first-order valence-corrected chi connectivity index (χ1v) is 8.20. The van der Waals surface area contributed by atoms with Crippen molar-refractivity contribution < 1.29 is 0 Å². The van der Waals surface area contributed by atoms with Crippen LogP contribution >= 0.6 is 23.4 Å². The lowest BCUT2D eigenvalue weighted by molar-refractivity contribution is 0.818. The van der Waals surface area contributed by atoms with Crippen LogP contribution in [-0.4, -0.2) is 14.8 Å². The first-order valence-electron chi connectivity index (χ1n) is 6.95. The molecule has 0 spiro atoms. The number of nitriles is 1. The number of halogens is 1. The molecule has 1 heterocycles. The van der Waals surface area contributed by atoms with Gasteiger partial charge in [-0.1, -0.05) is 47.6 Å². The Bertz CT molecular complexity index is 977. The molecule has 0 N–H and O–H groups in total. The second-order valence-electron chi connectivity index (χ2n) is 4.89. The number of thioether (sulfide) groups is 1. The van der Waals surface area contributed by atoms with Crippen LogP contribution in [0.1, 0.15) is 6.92 Å². The Morgan fingerprint density at radius 2 is 1.91 bits per heavy atom. The molecule has 0 radical (unpaired) electrons. The van der Waals surface area contributed by atoms with E-state index in [4.69, 9.17) is 16.9 Å². The fraction of sp³-hybridized carbons (Fsp3) is 0.118. The highest BCUT2D eigenvalue weighted by molar-refractivity contribution is 8.00. The average Bonchev–Trinajstić information content (AvgIpc) is 2.56. The number of rotatable bonds is 3. The maximum Gasteiger partial charge on any atom is 0.266 e. The van der Waals surface area contributed by atoms with E-state index in [1.165, 1.54) is 16.3 Å². The maximum absolute atomic E-state index is 12.9. The van der Waals surface area contributed by atoms with Crippen molar-refractivity contribution in [3.8, 4) is 11.8 Å². The van der Waals surface area contributed by atoms with Gasteiger partial charge in [-0.2, -0.15) is 5.26 Å². The third kappa shape index (κ3) is 2.96. The van der Waals surface area contributed by atoms with Crippen molar-refractivity contribution in [3.05, 3.63) is 63.9 Å². The summed E-state index contributed by atoms with van der Waals surface area (Å²) in [7, 11) is 0. The number of fused-ring (bicyclic) bond motifs is 1. The summed E-state index contributed by atoms with van der Waals surface area (Å²) in [6.45, 7) is 1.77. The van der Waals surface area contributed by atoms with E-state index < -0.39 is 0 Å². The molecule has 1 aromatic heterocycles. The van der Waals surface area contributed by atoms with Crippen LogP contribution in [0.3, 0.4) is 0 Å². The molecule has 0 bridgehead atoms. The molecule has 0 fully saturated rings. The predicted molar refractivity (Wildman–Crippen MR) is 93.3 cm³/mol. The van der Waals surface area contributed by atoms with Crippen LogP contribution in [0.5, 0.6) is 0 Å². The molecule has 4 nitrogen and oxygen atoms in total. The number of para-hydroxylation sites is 2. The molecule has 0 saturated heterocycles. The zero-order valence-electron chi connectivity index (χ0n) is 12.2. The number of aromatic nitrogens is 2. The molecule has 114 valence electrons. The monoisotopic (exact) mass is 341 g/mol. The smallest absolute Gasteiger partial charge is 0.266 e. The molecule has 0 saturated carbocycles. The Morgan fingerprint density at radius 1 is 1.22 bits per heavy atom. The normalized spacial score (nSPS) is 12.0. The van der Waals surface area contributed by atoms with Crippen molar-refractivity contribution in [2.24, 2.45) is 0 Å².